The molecule has 35 heavy (non-hydrogen) atoms. The standard InChI is InChI=1S/C27H32F3N3O2/c1-17(34)33-15-26(4,16-33)24(35)32(5)23(27(28,29)30)18-10-12-20(13-11-18)31-22-14-19-8-6-7-9-21(19)25(22,2)3/h6-13,22-23,31H,14-16H2,1-5H3/t22?,23-/m0/s1. The van der Waals surface area contributed by atoms with Crippen LogP contribution in [-0.2, 0) is 21.4 Å². The highest BCUT2D eigenvalue weighted by molar-refractivity contribution is 5.87. The minimum absolute atomic E-state index is 0.000726. The Morgan fingerprint density at radius 2 is 1.66 bits per heavy atom. The van der Waals surface area contributed by atoms with Crippen molar-refractivity contribution in [2.24, 2.45) is 5.41 Å². The summed E-state index contributed by atoms with van der Waals surface area (Å²) in [5.41, 5.74) is 2.14. The van der Waals surface area contributed by atoms with Gasteiger partial charge < -0.3 is 15.1 Å². The number of benzene rings is 2. The van der Waals surface area contributed by atoms with Crippen molar-refractivity contribution in [2.75, 3.05) is 25.5 Å². The SMILES string of the molecule is CC(=O)N1CC(C)(C(=O)N(C)[C@@H](c2ccc(NC3Cc4ccccc4C3(C)C)cc2)C(F)(F)F)C1. The summed E-state index contributed by atoms with van der Waals surface area (Å²) in [6, 6.07) is 12.5. The first-order chi connectivity index (χ1) is 16.2. The summed E-state index contributed by atoms with van der Waals surface area (Å²) in [4.78, 5) is 26.8. The number of alkyl halides is 3. The number of carbonyl (C=O) groups is 2. The number of rotatable bonds is 5. The first-order valence-corrected chi connectivity index (χ1v) is 11.8. The Morgan fingerprint density at radius 1 is 1.06 bits per heavy atom. The van der Waals surface area contributed by atoms with Crippen molar-refractivity contribution in [3.63, 3.8) is 0 Å². The van der Waals surface area contributed by atoms with Gasteiger partial charge >= 0.3 is 6.18 Å². The van der Waals surface area contributed by atoms with Gasteiger partial charge in [0.15, 0.2) is 6.04 Å². The highest BCUT2D eigenvalue weighted by Crippen LogP contribution is 2.42. The smallest absolute Gasteiger partial charge is 0.381 e. The summed E-state index contributed by atoms with van der Waals surface area (Å²) < 4.78 is 42.4. The van der Waals surface area contributed by atoms with E-state index in [9.17, 15) is 22.8 Å². The minimum atomic E-state index is -4.64. The van der Waals surface area contributed by atoms with Gasteiger partial charge in [-0.05, 0) is 42.2 Å². The zero-order chi connectivity index (χ0) is 25.8. The van der Waals surface area contributed by atoms with Gasteiger partial charge in [-0.15, -0.1) is 0 Å². The van der Waals surface area contributed by atoms with Crippen molar-refractivity contribution in [1.82, 2.24) is 9.80 Å². The highest BCUT2D eigenvalue weighted by atomic mass is 19.4. The molecule has 5 nitrogen and oxygen atoms in total. The second-order valence-corrected chi connectivity index (χ2v) is 10.7. The average molecular weight is 488 g/mol. The molecular weight excluding hydrogens is 455 g/mol. The van der Waals surface area contributed by atoms with Gasteiger partial charge in [0, 0.05) is 44.2 Å². The maximum atomic E-state index is 14.1. The molecule has 0 radical (unpaired) electrons. The summed E-state index contributed by atoms with van der Waals surface area (Å²) in [7, 11) is 1.19. The van der Waals surface area contributed by atoms with E-state index in [-0.39, 0.29) is 36.0 Å². The van der Waals surface area contributed by atoms with E-state index in [1.165, 1.54) is 42.1 Å². The van der Waals surface area contributed by atoms with Gasteiger partial charge in [0.1, 0.15) is 0 Å². The van der Waals surface area contributed by atoms with Crippen LogP contribution in [0.4, 0.5) is 18.9 Å². The Labute approximate surface area is 204 Å². The van der Waals surface area contributed by atoms with Gasteiger partial charge in [0.05, 0.1) is 5.41 Å². The fraction of sp³-hybridized carbons (Fsp3) is 0.481. The molecule has 188 valence electrons. The molecule has 1 unspecified atom stereocenters. The van der Waals surface area contributed by atoms with Gasteiger partial charge in [-0.1, -0.05) is 50.2 Å². The number of nitrogens with one attached hydrogen (secondary N) is 1. The van der Waals surface area contributed by atoms with Crippen LogP contribution >= 0.6 is 0 Å². The molecule has 1 aliphatic heterocycles. The molecule has 8 heteroatoms. The number of amides is 2. The molecule has 2 amide bonds. The largest absolute Gasteiger partial charge is 0.413 e. The third kappa shape index (κ3) is 4.50. The van der Waals surface area contributed by atoms with Gasteiger partial charge in [0.25, 0.3) is 0 Å². The maximum Gasteiger partial charge on any atom is 0.413 e. The lowest BCUT2D eigenvalue weighted by atomic mass is 9.80. The van der Waals surface area contributed by atoms with Crippen molar-refractivity contribution in [2.45, 2.75) is 57.8 Å². The van der Waals surface area contributed by atoms with Crippen LogP contribution in [0.25, 0.3) is 0 Å². The van der Waals surface area contributed by atoms with Crippen molar-refractivity contribution in [3.8, 4) is 0 Å². The number of hydrogen-bond donors (Lipinski definition) is 1. The van der Waals surface area contributed by atoms with Crippen LogP contribution in [0, 0.1) is 5.41 Å². The first-order valence-electron chi connectivity index (χ1n) is 11.8. The Balaban J connectivity index is 1.51. The molecule has 2 aromatic rings. The zero-order valence-electron chi connectivity index (χ0n) is 20.7. The van der Waals surface area contributed by atoms with Crippen LogP contribution in [-0.4, -0.2) is 54.0 Å². The van der Waals surface area contributed by atoms with Crippen LogP contribution in [0.2, 0.25) is 0 Å². The molecule has 2 aliphatic rings. The molecule has 1 N–H and O–H groups in total. The molecular formula is C27H32F3N3O2. The van der Waals surface area contributed by atoms with Crippen LogP contribution in [0.3, 0.4) is 0 Å². The van der Waals surface area contributed by atoms with Crippen molar-refractivity contribution in [1.29, 1.82) is 0 Å². The van der Waals surface area contributed by atoms with Gasteiger partial charge in [0.2, 0.25) is 11.8 Å². The Hall–Kier alpha value is -3.03. The van der Waals surface area contributed by atoms with Gasteiger partial charge in [-0.3, -0.25) is 9.59 Å². The zero-order valence-corrected chi connectivity index (χ0v) is 20.7. The predicted octanol–water partition coefficient (Wildman–Crippen LogP) is 4.93. The third-order valence-corrected chi connectivity index (χ3v) is 7.63. The van der Waals surface area contributed by atoms with E-state index in [0.29, 0.717) is 0 Å². The topological polar surface area (TPSA) is 52.7 Å². The van der Waals surface area contributed by atoms with Crippen LogP contribution in [0.1, 0.15) is 50.4 Å². The summed E-state index contributed by atoms with van der Waals surface area (Å²) in [6.45, 7) is 7.57. The second-order valence-electron chi connectivity index (χ2n) is 10.7. The van der Waals surface area contributed by atoms with Gasteiger partial charge in [-0.2, -0.15) is 13.2 Å². The van der Waals surface area contributed by atoms with Crippen molar-refractivity contribution >= 4 is 17.5 Å². The average Bonchev–Trinajstić information content (AvgIpc) is 3.01. The van der Waals surface area contributed by atoms with Crippen LogP contribution in [0.15, 0.2) is 48.5 Å². The van der Waals surface area contributed by atoms with E-state index in [4.69, 9.17) is 0 Å². The minimum Gasteiger partial charge on any atom is -0.381 e. The molecule has 1 aliphatic carbocycles. The summed E-state index contributed by atoms with van der Waals surface area (Å²) in [5, 5.41) is 3.49. The van der Waals surface area contributed by atoms with Gasteiger partial charge in [-0.25, -0.2) is 0 Å². The summed E-state index contributed by atoms with van der Waals surface area (Å²) in [5.74, 6) is -0.813. The number of carbonyl (C=O) groups excluding carboxylic acids is 2. The van der Waals surface area contributed by atoms with E-state index < -0.39 is 23.5 Å². The van der Waals surface area contributed by atoms with E-state index in [2.05, 4.69) is 31.3 Å². The number of hydrogen-bond acceptors (Lipinski definition) is 3. The molecule has 0 spiro atoms. The molecule has 1 fully saturated rings. The molecule has 1 heterocycles. The molecule has 2 aromatic carbocycles. The van der Waals surface area contributed by atoms with Crippen LogP contribution in [0.5, 0.6) is 0 Å². The lowest BCUT2D eigenvalue weighted by molar-refractivity contribution is -0.197. The monoisotopic (exact) mass is 487 g/mol. The third-order valence-electron chi connectivity index (χ3n) is 7.63. The first kappa shape index (κ1) is 25.1. The molecule has 0 bridgehead atoms. The highest BCUT2D eigenvalue weighted by Gasteiger charge is 2.52. The van der Waals surface area contributed by atoms with Crippen molar-refractivity contribution in [3.05, 3.63) is 65.2 Å². The van der Waals surface area contributed by atoms with Crippen molar-refractivity contribution < 1.29 is 22.8 Å². The molecule has 0 saturated carbocycles. The second kappa shape index (κ2) is 8.57. The molecule has 0 aromatic heterocycles. The fourth-order valence-electron chi connectivity index (χ4n) is 5.51. The Kier molecular flexibility index (Phi) is 6.14. The summed E-state index contributed by atoms with van der Waals surface area (Å²) >= 11 is 0. The number of likely N-dealkylation sites (tertiary alicyclic amines) is 1. The number of nitrogens with zero attached hydrogens (tertiary/aromatic N) is 2. The summed E-state index contributed by atoms with van der Waals surface area (Å²) in [6.07, 6.45) is -3.81. The quantitative estimate of drug-likeness (QED) is 0.651. The van der Waals surface area contributed by atoms with Crippen LogP contribution < -0.4 is 5.32 Å². The van der Waals surface area contributed by atoms with E-state index in [1.54, 1.807) is 19.1 Å². The lowest BCUT2D eigenvalue weighted by Gasteiger charge is -2.48. The molecule has 1 saturated heterocycles. The fourth-order valence-corrected chi connectivity index (χ4v) is 5.51. The Morgan fingerprint density at radius 3 is 2.20 bits per heavy atom. The van der Waals surface area contributed by atoms with E-state index >= 15 is 0 Å². The molecule has 4 rings (SSSR count). The van der Waals surface area contributed by atoms with E-state index in [0.717, 1.165) is 17.0 Å². The molecule has 2 atom stereocenters. The predicted molar refractivity (Wildman–Crippen MR) is 129 cm³/mol. The number of fused-ring (bicyclic) bond motifs is 1. The number of halogens is 3. The lowest BCUT2D eigenvalue weighted by Crippen LogP contribution is -2.63. The maximum absolute atomic E-state index is 14.1. The Bertz CT molecular complexity index is 1120. The van der Waals surface area contributed by atoms with E-state index in [1.807, 2.05) is 12.1 Å². The normalized spacial score (nSPS) is 21.0. The number of anilines is 1.